The molecule has 1 aromatic carbocycles. The summed E-state index contributed by atoms with van der Waals surface area (Å²) >= 11 is 0. The molecule has 4 heteroatoms. The molecule has 1 rings (SSSR count). The molecular formula is C14H21NO2S. The number of sulfonamides is 1. The van der Waals surface area contributed by atoms with E-state index in [9.17, 15) is 8.42 Å². The van der Waals surface area contributed by atoms with Crippen LogP contribution in [0.25, 0.3) is 0 Å². The molecule has 0 aliphatic carbocycles. The number of rotatable bonds is 3. The fraction of sp³-hybridized carbons (Fsp3) is 0.500. The lowest BCUT2D eigenvalue weighted by Gasteiger charge is -2.18. The summed E-state index contributed by atoms with van der Waals surface area (Å²) in [5.74, 6) is 0.0597. The standard InChI is InChI=1S/C14H21NO2S/c1-11(2)13(12-9-7-6-8-10-12)15-18(16,17)14(3,4)5/h6-11H,1-5H3/b15-13+. The zero-order valence-corrected chi connectivity index (χ0v) is 12.5. The summed E-state index contributed by atoms with van der Waals surface area (Å²) in [7, 11) is -3.50. The van der Waals surface area contributed by atoms with Crippen molar-refractivity contribution < 1.29 is 8.42 Å². The van der Waals surface area contributed by atoms with Crippen molar-refractivity contribution in [2.45, 2.75) is 39.4 Å². The van der Waals surface area contributed by atoms with Gasteiger partial charge in [-0.3, -0.25) is 0 Å². The maximum Gasteiger partial charge on any atom is 0.258 e. The average molecular weight is 267 g/mol. The first-order valence-electron chi connectivity index (χ1n) is 6.05. The molecule has 0 bridgehead atoms. The van der Waals surface area contributed by atoms with Crippen molar-refractivity contribution in [2.24, 2.45) is 10.3 Å². The van der Waals surface area contributed by atoms with Crippen LogP contribution < -0.4 is 0 Å². The van der Waals surface area contributed by atoms with Crippen molar-refractivity contribution in [2.75, 3.05) is 0 Å². The van der Waals surface area contributed by atoms with Gasteiger partial charge in [0, 0.05) is 0 Å². The van der Waals surface area contributed by atoms with E-state index >= 15 is 0 Å². The topological polar surface area (TPSA) is 46.5 Å². The van der Waals surface area contributed by atoms with Crippen LogP contribution >= 0.6 is 0 Å². The molecule has 100 valence electrons. The Labute approximate surface area is 110 Å². The molecule has 0 amide bonds. The van der Waals surface area contributed by atoms with Crippen LogP contribution in [0.1, 0.15) is 40.2 Å². The Bertz CT molecular complexity index is 523. The van der Waals surface area contributed by atoms with Crippen LogP contribution in [0.3, 0.4) is 0 Å². The minimum absolute atomic E-state index is 0.0597. The normalized spacial score (nSPS) is 14.0. The van der Waals surface area contributed by atoms with Gasteiger partial charge in [0.05, 0.1) is 10.5 Å². The van der Waals surface area contributed by atoms with Gasteiger partial charge in [-0.15, -0.1) is 0 Å². The fourth-order valence-corrected chi connectivity index (χ4v) is 2.22. The SMILES string of the molecule is CC(C)/C(=N\S(=O)(=O)C(C)(C)C)c1ccccc1. The maximum atomic E-state index is 12.2. The quantitative estimate of drug-likeness (QED) is 0.789. The van der Waals surface area contributed by atoms with E-state index in [0.717, 1.165) is 5.56 Å². The van der Waals surface area contributed by atoms with E-state index in [0.29, 0.717) is 5.71 Å². The zero-order chi connectivity index (χ0) is 14.0. The molecule has 0 unspecified atom stereocenters. The van der Waals surface area contributed by atoms with Gasteiger partial charge in [0.25, 0.3) is 10.0 Å². The van der Waals surface area contributed by atoms with Gasteiger partial charge in [0.2, 0.25) is 0 Å². The van der Waals surface area contributed by atoms with E-state index in [1.165, 1.54) is 0 Å². The van der Waals surface area contributed by atoms with Gasteiger partial charge in [-0.2, -0.15) is 4.40 Å². The lowest BCUT2D eigenvalue weighted by atomic mass is 10.0. The predicted molar refractivity (Wildman–Crippen MR) is 76.5 cm³/mol. The molecule has 0 aromatic heterocycles. The summed E-state index contributed by atoms with van der Waals surface area (Å²) in [6.45, 7) is 8.88. The van der Waals surface area contributed by atoms with E-state index in [1.807, 2.05) is 44.2 Å². The molecule has 18 heavy (non-hydrogen) atoms. The van der Waals surface area contributed by atoms with Gasteiger partial charge < -0.3 is 0 Å². The largest absolute Gasteiger partial charge is 0.258 e. The second kappa shape index (κ2) is 5.22. The molecule has 3 nitrogen and oxygen atoms in total. The summed E-state index contributed by atoms with van der Waals surface area (Å²) in [6, 6.07) is 9.45. The van der Waals surface area contributed by atoms with Crippen LogP contribution in [0.15, 0.2) is 34.7 Å². The Morgan fingerprint density at radius 2 is 1.61 bits per heavy atom. The first-order chi connectivity index (χ1) is 8.15. The summed E-state index contributed by atoms with van der Waals surface area (Å²) in [5, 5.41) is 0. The lowest BCUT2D eigenvalue weighted by Crippen LogP contribution is -2.28. The lowest BCUT2D eigenvalue weighted by molar-refractivity contribution is 0.562. The highest BCUT2D eigenvalue weighted by molar-refractivity contribution is 7.91. The van der Waals surface area contributed by atoms with Crippen LogP contribution in [0, 0.1) is 5.92 Å². The third-order valence-electron chi connectivity index (χ3n) is 2.61. The predicted octanol–water partition coefficient (Wildman–Crippen LogP) is 3.26. The molecule has 0 radical (unpaired) electrons. The van der Waals surface area contributed by atoms with E-state index in [4.69, 9.17) is 0 Å². The molecule has 0 saturated carbocycles. The number of hydrogen-bond acceptors (Lipinski definition) is 2. The Morgan fingerprint density at radius 3 is 2.00 bits per heavy atom. The van der Waals surface area contributed by atoms with Gasteiger partial charge in [-0.25, -0.2) is 8.42 Å². The summed E-state index contributed by atoms with van der Waals surface area (Å²) < 4.78 is 27.5. The first-order valence-corrected chi connectivity index (χ1v) is 7.49. The Balaban J connectivity index is 3.33. The highest BCUT2D eigenvalue weighted by Gasteiger charge is 2.29. The summed E-state index contributed by atoms with van der Waals surface area (Å²) in [5.41, 5.74) is 1.48. The third-order valence-corrected chi connectivity index (χ3v) is 4.59. The molecule has 0 atom stereocenters. The highest BCUT2D eigenvalue weighted by Crippen LogP contribution is 2.20. The summed E-state index contributed by atoms with van der Waals surface area (Å²) in [6.07, 6.45) is 0. The summed E-state index contributed by atoms with van der Waals surface area (Å²) in [4.78, 5) is 0. The van der Waals surface area contributed by atoms with Crippen LogP contribution in [-0.4, -0.2) is 18.9 Å². The van der Waals surface area contributed by atoms with Gasteiger partial charge in [0.15, 0.2) is 0 Å². The monoisotopic (exact) mass is 267 g/mol. The van der Waals surface area contributed by atoms with E-state index in [1.54, 1.807) is 20.8 Å². The van der Waals surface area contributed by atoms with Crippen molar-refractivity contribution in [3.05, 3.63) is 35.9 Å². The highest BCUT2D eigenvalue weighted by atomic mass is 32.2. The molecule has 0 aliphatic heterocycles. The molecular weight excluding hydrogens is 246 g/mol. The van der Waals surface area contributed by atoms with Gasteiger partial charge >= 0.3 is 0 Å². The zero-order valence-electron chi connectivity index (χ0n) is 11.6. The molecule has 0 saturated heterocycles. The average Bonchev–Trinajstić information content (AvgIpc) is 2.25. The molecule has 0 aliphatic rings. The third kappa shape index (κ3) is 3.42. The molecule has 1 aromatic rings. The number of nitrogens with zero attached hydrogens (tertiary/aromatic N) is 1. The second-order valence-electron chi connectivity index (χ2n) is 5.58. The van der Waals surface area contributed by atoms with E-state index < -0.39 is 14.8 Å². The van der Waals surface area contributed by atoms with Crippen molar-refractivity contribution in [3.8, 4) is 0 Å². The van der Waals surface area contributed by atoms with Crippen LogP contribution in [0.5, 0.6) is 0 Å². The Hall–Kier alpha value is -1.16. The Kier molecular flexibility index (Phi) is 4.32. The van der Waals surface area contributed by atoms with E-state index in [-0.39, 0.29) is 5.92 Å². The molecule has 0 heterocycles. The van der Waals surface area contributed by atoms with Crippen molar-refractivity contribution >= 4 is 15.7 Å². The van der Waals surface area contributed by atoms with Crippen molar-refractivity contribution in [1.29, 1.82) is 0 Å². The second-order valence-corrected chi connectivity index (χ2v) is 7.94. The van der Waals surface area contributed by atoms with Crippen LogP contribution in [0.4, 0.5) is 0 Å². The van der Waals surface area contributed by atoms with Gasteiger partial charge in [0.1, 0.15) is 0 Å². The minimum atomic E-state index is -3.50. The minimum Gasteiger partial charge on any atom is -0.204 e. The van der Waals surface area contributed by atoms with E-state index in [2.05, 4.69) is 4.40 Å². The number of benzene rings is 1. The van der Waals surface area contributed by atoms with Crippen LogP contribution in [0.2, 0.25) is 0 Å². The number of hydrogen-bond donors (Lipinski definition) is 0. The van der Waals surface area contributed by atoms with Gasteiger partial charge in [-0.1, -0.05) is 44.2 Å². The van der Waals surface area contributed by atoms with Crippen molar-refractivity contribution in [3.63, 3.8) is 0 Å². The molecule has 0 fully saturated rings. The smallest absolute Gasteiger partial charge is 0.204 e. The van der Waals surface area contributed by atoms with Crippen LogP contribution in [-0.2, 0) is 10.0 Å². The molecule has 0 N–H and O–H groups in total. The maximum absolute atomic E-state index is 12.2. The van der Waals surface area contributed by atoms with Gasteiger partial charge in [-0.05, 0) is 32.3 Å². The Morgan fingerprint density at radius 1 is 1.11 bits per heavy atom. The van der Waals surface area contributed by atoms with Crippen molar-refractivity contribution in [1.82, 2.24) is 0 Å². The fourth-order valence-electron chi connectivity index (χ4n) is 1.37. The first kappa shape index (κ1) is 14.9. The molecule has 0 spiro atoms.